The van der Waals surface area contributed by atoms with Crippen LogP contribution in [0.4, 0.5) is 0 Å². The van der Waals surface area contributed by atoms with Gasteiger partial charge in [-0.1, -0.05) is 18.2 Å². The molecule has 0 saturated heterocycles. The van der Waals surface area contributed by atoms with Crippen molar-refractivity contribution in [1.82, 2.24) is 20.9 Å². The minimum atomic E-state index is -1.46. The number of unbranched alkanes of at least 4 members (excludes halogenated alkanes) is 1. The summed E-state index contributed by atoms with van der Waals surface area (Å²) < 4.78 is 0. The van der Waals surface area contributed by atoms with Crippen LogP contribution >= 0.6 is 11.8 Å². The smallest absolute Gasteiger partial charge is 0.326 e. The molecule has 13 nitrogen and oxygen atoms in total. The van der Waals surface area contributed by atoms with Gasteiger partial charge in [-0.3, -0.25) is 19.2 Å². The highest BCUT2D eigenvalue weighted by Gasteiger charge is 2.31. The lowest BCUT2D eigenvalue weighted by Crippen LogP contribution is -2.58. The third-order valence-electron chi connectivity index (χ3n) is 6.30. The van der Waals surface area contributed by atoms with Crippen molar-refractivity contribution in [2.45, 2.75) is 62.7 Å². The number of carboxylic acid groups (broad SMARTS) is 1. The standard InChI is InChI=1S/C26H39N7O6S/c1-40-11-9-17(28)23(35)32-20(12-15-14-30-18-7-3-2-6-16(15)18)24(36)33-21(13-22(29)34)25(37)31-19(26(38)39)8-4-5-10-27/h2-3,6-7,14,17,19-21,30H,4-5,8-13,27-28H2,1H3,(H2,29,34)(H,31,37)(H,32,35)(H,33,36)(H,38,39). The summed E-state index contributed by atoms with van der Waals surface area (Å²) >= 11 is 1.53. The second-order valence-corrected chi connectivity index (χ2v) is 10.4. The number of H-pyrrole nitrogens is 1. The van der Waals surface area contributed by atoms with Crippen LogP contribution < -0.4 is 33.2 Å². The van der Waals surface area contributed by atoms with E-state index in [0.717, 1.165) is 16.5 Å². The molecule has 40 heavy (non-hydrogen) atoms. The number of carbonyl (C=O) groups is 5. The Hall–Kier alpha value is -3.62. The van der Waals surface area contributed by atoms with E-state index in [0.29, 0.717) is 31.6 Å². The van der Waals surface area contributed by atoms with Gasteiger partial charge in [-0.25, -0.2) is 4.79 Å². The molecule has 14 heteroatoms. The van der Waals surface area contributed by atoms with E-state index < -0.39 is 60.2 Å². The first-order valence-corrected chi connectivity index (χ1v) is 14.4. The number of aromatic nitrogens is 1. The third kappa shape index (κ3) is 10.2. The molecule has 0 bridgehead atoms. The second-order valence-electron chi connectivity index (χ2n) is 9.43. The molecule has 0 aliphatic rings. The Balaban J connectivity index is 2.26. The molecule has 4 unspecified atom stereocenters. The number of nitrogens with one attached hydrogen (secondary N) is 4. The van der Waals surface area contributed by atoms with E-state index >= 15 is 0 Å². The lowest BCUT2D eigenvalue weighted by Gasteiger charge is -2.25. The van der Waals surface area contributed by atoms with E-state index in [9.17, 15) is 29.1 Å². The van der Waals surface area contributed by atoms with E-state index in [1.54, 1.807) is 6.20 Å². The van der Waals surface area contributed by atoms with E-state index in [-0.39, 0.29) is 12.8 Å². The fourth-order valence-corrected chi connectivity index (χ4v) is 4.58. The molecule has 4 amide bonds. The molecule has 0 aliphatic carbocycles. The summed E-state index contributed by atoms with van der Waals surface area (Å²) in [6, 6.07) is 2.69. The first kappa shape index (κ1) is 32.6. The average Bonchev–Trinajstić information content (AvgIpc) is 3.32. The Bertz CT molecular complexity index is 1170. The number of benzene rings is 1. The zero-order chi connectivity index (χ0) is 29.7. The van der Waals surface area contributed by atoms with Crippen LogP contribution in [0, 0.1) is 0 Å². The van der Waals surface area contributed by atoms with Crippen LogP contribution in [0.15, 0.2) is 30.5 Å². The average molecular weight is 578 g/mol. The van der Waals surface area contributed by atoms with Crippen LogP contribution in [0.1, 0.15) is 37.7 Å². The van der Waals surface area contributed by atoms with Gasteiger partial charge in [0.25, 0.3) is 0 Å². The molecule has 1 aromatic carbocycles. The highest BCUT2D eigenvalue weighted by Crippen LogP contribution is 2.19. The zero-order valence-electron chi connectivity index (χ0n) is 22.5. The van der Waals surface area contributed by atoms with Crippen molar-refractivity contribution >= 4 is 52.3 Å². The van der Waals surface area contributed by atoms with Crippen LogP contribution in [-0.2, 0) is 30.4 Å². The minimum absolute atomic E-state index is 0.0542. The Labute approximate surface area is 236 Å². The van der Waals surface area contributed by atoms with Crippen LogP contribution in [0.2, 0.25) is 0 Å². The van der Waals surface area contributed by atoms with Gasteiger partial charge in [0.2, 0.25) is 23.6 Å². The molecule has 0 spiro atoms. The number of carbonyl (C=O) groups excluding carboxylic acids is 4. The van der Waals surface area contributed by atoms with Crippen molar-refractivity contribution in [2.75, 3.05) is 18.6 Å². The van der Waals surface area contributed by atoms with Crippen LogP contribution in [0.25, 0.3) is 10.9 Å². The van der Waals surface area contributed by atoms with Crippen molar-refractivity contribution in [3.63, 3.8) is 0 Å². The fraction of sp³-hybridized carbons (Fsp3) is 0.500. The van der Waals surface area contributed by atoms with Gasteiger partial charge in [0.05, 0.1) is 12.5 Å². The van der Waals surface area contributed by atoms with Crippen molar-refractivity contribution in [2.24, 2.45) is 17.2 Å². The number of hydrogen-bond acceptors (Lipinski definition) is 8. The fourth-order valence-electron chi connectivity index (χ4n) is 4.09. The van der Waals surface area contributed by atoms with Crippen LogP contribution in [0.3, 0.4) is 0 Å². The highest BCUT2D eigenvalue weighted by atomic mass is 32.2. The normalized spacial score (nSPS) is 14.1. The highest BCUT2D eigenvalue weighted by molar-refractivity contribution is 7.98. The number of fused-ring (bicyclic) bond motifs is 1. The number of carboxylic acids is 1. The first-order chi connectivity index (χ1) is 19.1. The monoisotopic (exact) mass is 577 g/mol. The number of thioether (sulfide) groups is 1. The number of rotatable bonds is 18. The summed E-state index contributed by atoms with van der Waals surface area (Å²) in [5, 5.41) is 17.9. The Morgan fingerprint density at radius 1 is 0.950 bits per heavy atom. The number of nitrogens with two attached hydrogens (primary N) is 3. The largest absolute Gasteiger partial charge is 0.480 e. The van der Waals surface area contributed by atoms with Crippen molar-refractivity contribution in [3.05, 3.63) is 36.0 Å². The SMILES string of the molecule is CSCCC(N)C(=O)NC(Cc1c[nH]c2ccccc12)C(=O)NC(CC(N)=O)C(=O)NC(CCCCN)C(=O)O. The number of hydrogen-bond donors (Lipinski definition) is 8. The molecule has 0 aliphatic heterocycles. The minimum Gasteiger partial charge on any atom is -0.480 e. The van der Waals surface area contributed by atoms with E-state index in [2.05, 4.69) is 20.9 Å². The molecule has 1 aromatic heterocycles. The molecule has 2 aromatic rings. The van der Waals surface area contributed by atoms with Gasteiger partial charge in [-0.05, 0) is 55.9 Å². The summed E-state index contributed by atoms with van der Waals surface area (Å²) in [5.74, 6) is -3.70. The second kappa shape index (κ2) is 16.5. The van der Waals surface area contributed by atoms with Gasteiger partial charge >= 0.3 is 5.97 Å². The van der Waals surface area contributed by atoms with Gasteiger partial charge < -0.3 is 43.2 Å². The predicted octanol–water partition coefficient (Wildman–Crippen LogP) is -0.666. The summed E-state index contributed by atoms with van der Waals surface area (Å²) in [5.41, 5.74) is 18.4. The molecule has 1 heterocycles. The lowest BCUT2D eigenvalue weighted by molar-refractivity contribution is -0.142. The first-order valence-electron chi connectivity index (χ1n) is 13.0. The molecule has 2 rings (SSSR count). The summed E-state index contributed by atoms with van der Waals surface area (Å²) in [7, 11) is 0. The maximum absolute atomic E-state index is 13.5. The van der Waals surface area contributed by atoms with Gasteiger partial charge in [0, 0.05) is 23.5 Å². The molecule has 220 valence electrons. The van der Waals surface area contributed by atoms with Gasteiger partial charge in [-0.2, -0.15) is 11.8 Å². The van der Waals surface area contributed by atoms with Crippen LogP contribution in [-0.4, -0.2) is 82.4 Å². The molecule has 0 fully saturated rings. The van der Waals surface area contributed by atoms with Crippen molar-refractivity contribution < 1.29 is 29.1 Å². The number of aliphatic carboxylic acids is 1. The zero-order valence-corrected chi connectivity index (χ0v) is 23.3. The van der Waals surface area contributed by atoms with Gasteiger partial charge in [0.15, 0.2) is 0 Å². The summed E-state index contributed by atoms with van der Waals surface area (Å²) in [6.45, 7) is 0.366. The molecular formula is C26H39N7O6S. The third-order valence-corrected chi connectivity index (χ3v) is 6.95. The summed E-state index contributed by atoms with van der Waals surface area (Å²) in [6.07, 6.45) is 4.61. The van der Waals surface area contributed by atoms with Crippen molar-refractivity contribution in [3.8, 4) is 0 Å². The number of amides is 4. The maximum atomic E-state index is 13.5. The number of aromatic amines is 1. The van der Waals surface area contributed by atoms with Crippen molar-refractivity contribution in [1.29, 1.82) is 0 Å². The maximum Gasteiger partial charge on any atom is 0.326 e. The topological polar surface area (TPSA) is 236 Å². The molecule has 11 N–H and O–H groups in total. The number of primary amides is 1. The lowest BCUT2D eigenvalue weighted by atomic mass is 10.0. The Morgan fingerprint density at radius 2 is 1.60 bits per heavy atom. The van der Waals surface area contributed by atoms with Gasteiger partial charge in [0.1, 0.15) is 18.1 Å². The molecule has 0 saturated carbocycles. The summed E-state index contributed by atoms with van der Waals surface area (Å²) in [4.78, 5) is 65.8. The van der Waals surface area contributed by atoms with Gasteiger partial charge in [-0.15, -0.1) is 0 Å². The number of para-hydroxylation sites is 1. The predicted molar refractivity (Wildman–Crippen MR) is 153 cm³/mol. The quantitative estimate of drug-likeness (QED) is 0.105. The van der Waals surface area contributed by atoms with Crippen LogP contribution in [0.5, 0.6) is 0 Å². The molecule has 4 atom stereocenters. The van der Waals surface area contributed by atoms with E-state index in [4.69, 9.17) is 17.2 Å². The van der Waals surface area contributed by atoms with E-state index in [1.807, 2.05) is 30.5 Å². The Morgan fingerprint density at radius 3 is 2.25 bits per heavy atom. The molecule has 0 radical (unpaired) electrons. The molecular weight excluding hydrogens is 538 g/mol. The Kier molecular flexibility index (Phi) is 13.4. The van der Waals surface area contributed by atoms with E-state index in [1.165, 1.54) is 11.8 Å².